The minimum absolute atomic E-state index is 0.286. The van der Waals surface area contributed by atoms with E-state index in [-0.39, 0.29) is 6.03 Å². The Balaban J connectivity index is 1.49. The van der Waals surface area contributed by atoms with Crippen molar-refractivity contribution in [2.75, 3.05) is 5.32 Å². The molecular formula is C12H14N4O2S. The fraction of sp³-hybridized carbons (Fsp3) is 0.417. The van der Waals surface area contributed by atoms with Crippen molar-refractivity contribution in [2.24, 2.45) is 0 Å². The Bertz CT molecular complexity index is 588. The number of carbonyl (C=O) groups is 1. The van der Waals surface area contributed by atoms with Gasteiger partial charge in [-0.1, -0.05) is 5.16 Å². The van der Waals surface area contributed by atoms with E-state index in [4.69, 9.17) is 4.52 Å². The van der Waals surface area contributed by atoms with Crippen LogP contribution in [0.3, 0.4) is 0 Å². The van der Waals surface area contributed by atoms with Crippen molar-refractivity contribution in [3.8, 4) is 0 Å². The molecule has 0 atom stereocenters. The zero-order chi connectivity index (χ0) is 13.2. The first-order chi connectivity index (χ1) is 9.20. The molecule has 2 amide bonds. The Morgan fingerprint density at radius 3 is 3.11 bits per heavy atom. The number of thiazole rings is 1. The van der Waals surface area contributed by atoms with E-state index in [1.54, 1.807) is 6.07 Å². The van der Waals surface area contributed by atoms with Gasteiger partial charge >= 0.3 is 6.03 Å². The normalized spacial score (nSPS) is 14.4. The highest BCUT2D eigenvalue weighted by molar-refractivity contribution is 7.13. The van der Waals surface area contributed by atoms with Gasteiger partial charge in [0, 0.05) is 17.4 Å². The third kappa shape index (κ3) is 3.11. The molecule has 6 nitrogen and oxygen atoms in total. The molecule has 2 aromatic rings. The summed E-state index contributed by atoms with van der Waals surface area (Å²) in [6.45, 7) is 2.15. The van der Waals surface area contributed by atoms with Crippen molar-refractivity contribution in [3.63, 3.8) is 0 Å². The topological polar surface area (TPSA) is 80.0 Å². The summed E-state index contributed by atoms with van der Waals surface area (Å²) >= 11 is 1.45. The number of rotatable bonds is 4. The number of carbonyl (C=O) groups excluding carboxylic acids is 1. The smallest absolute Gasteiger partial charge is 0.321 e. The van der Waals surface area contributed by atoms with Gasteiger partial charge in [0.2, 0.25) is 0 Å². The number of aryl methyl sites for hydroxylation is 1. The van der Waals surface area contributed by atoms with E-state index in [1.165, 1.54) is 24.2 Å². The summed E-state index contributed by atoms with van der Waals surface area (Å²) < 4.78 is 5.00. The van der Waals surface area contributed by atoms with Crippen LogP contribution in [0.4, 0.5) is 9.93 Å². The van der Waals surface area contributed by atoms with Gasteiger partial charge in [0.1, 0.15) is 0 Å². The number of anilines is 1. The van der Waals surface area contributed by atoms with Gasteiger partial charge in [-0.15, -0.1) is 11.3 Å². The molecule has 1 aliphatic rings. The number of nitrogens with zero attached hydrogens (tertiary/aromatic N) is 2. The predicted molar refractivity (Wildman–Crippen MR) is 71.2 cm³/mol. The van der Waals surface area contributed by atoms with Crippen LogP contribution in [0.5, 0.6) is 0 Å². The lowest BCUT2D eigenvalue weighted by molar-refractivity contribution is 0.250. The second kappa shape index (κ2) is 5.00. The van der Waals surface area contributed by atoms with Crippen LogP contribution in [-0.2, 0) is 6.54 Å². The SMILES string of the molecule is Cc1cc(CNC(=O)Nc2nc(C3CC3)cs2)on1. The van der Waals surface area contributed by atoms with E-state index >= 15 is 0 Å². The van der Waals surface area contributed by atoms with Gasteiger partial charge in [0.05, 0.1) is 17.9 Å². The van der Waals surface area contributed by atoms with E-state index < -0.39 is 0 Å². The molecule has 19 heavy (non-hydrogen) atoms. The zero-order valence-electron chi connectivity index (χ0n) is 10.5. The lowest BCUT2D eigenvalue weighted by Gasteiger charge is -2.02. The van der Waals surface area contributed by atoms with Crippen molar-refractivity contribution in [3.05, 3.63) is 28.6 Å². The van der Waals surface area contributed by atoms with E-state index in [2.05, 4.69) is 20.8 Å². The van der Waals surface area contributed by atoms with Gasteiger partial charge in [-0.3, -0.25) is 5.32 Å². The van der Waals surface area contributed by atoms with Crippen molar-refractivity contribution in [1.82, 2.24) is 15.5 Å². The number of nitrogens with one attached hydrogen (secondary N) is 2. The molecule has 0 aliphatic heterocycles. The number of hydrogen-bond acceptors (Lipinski definition) is 5. The first-order valence-electron chi connectivity index (χ1n) is 6.13. The Morgan fingerprint density at radius 1 is 1.58 bits per heavy atom. The van der Waals surface area contributed by atoms with Gasteiger partial charge in [-0.25, -0.2) is 9.78 Å². The molecule has 1 aliphatic carbocycles. The number of hydrogen-bond donors (Lipinski definition) is 2. The molecule has 2 aromatic heterocycles. The molecule has 3 rings (SSSR count). The third-order valence-corrected chi connectivity index (χ3v) is 3.61. The fourth-order valence-electron chi connectivity index (χ4n) is 1.72. The van der Waals surface area contributed by atoms with Gasteiger partial charge in [0.25, 0.3) is 0 Å². The zero-order valence-corrected chi connectivity index (χ0v) is 11.3. The summed E-state index contributed by atoms with van der Waals surface area (Å²) in [5.41, 5.74) is 1.89. The van der Waals surface area contributed by atoms with E-state index in [0.29, 0.717) is 23.4 Å². The van der Waals surface area contributed by atoms with Gasteiger partial charge in [-0.2, -0.15) is 0 Å². The largest absolute Gasteiger partial charge is 0.359 e. The Labute approximate surface area is 114 Å². The average Bonchev–Trinajstić information content (AvgIpc) is 3.00. The average molecular weight is 278 g/mol. The summed E-state index contributed by atoms with van der Waals surface area (Å²) in [7, 11) is 0. The molecule has 1 fully saturated rings. The maximum atomic E-state index is 11.7. The molecule has 1 saturated carbocycles. The van der Waals surface area contributed by atoms with Crippen LogP contribution < -0.4 is 10.6 Å². The minimum atomic E-state index is -0.286. The number of amides is 2. The van der Waals surface area contributed by atoms with E-state index in [9.17, 15) is 4.79 Å². The molecular weight excluding hydrogens is 264 g/mol. The van der Waals surface area contributed by atoms with Gasteiger partial charge in [-0.05, 0) is 19.8 Å². The molecule has 0 aromatic carbocycles. The van der Waals surface area contributed by atoms with E-state index in [0.717, 1.165) is 11.4 Å². The highest BCUT2D eigenvalue weighted by Gasteiger charge is 2.26. The van der Waals surface area contributed by atoms with Crippen LogP contribution in [0.25, 0.3) is 0 Å². The molecule has 7 heteroatoms. The Morgan fingerprint density at radius 2 is 2.42 bits per heavy atom. The molecule has 100 valence electrons. The van der Waals surface area contributed by atoms with Crippen molar-refractivity contribution in [2.45, 2.75) is 32.2 Å². The second-order valence-electron chi connectivity index (χ2n) is 4.59. The molecule has 2 N–H and O–H groups in total. The van der Waals surface area contributed by atoms with Crippen LogP contribution >= 0.6 is 11.3 Å². The standard InChI is InChI=1S/C12H14N4O2S/c1-7-4-9(18-16-7)5-13-11(17)15-12-14-10(6-19-12)8-2-3-8/h4,6,8H,2-3,5H2,1H3,(H2,13,14,15,17). The van der Waals surface area contributed by atoms with Crippen LogP contribution in [0, 0.1) is 6.92 Å². The Hall–Kier alpha value is -1.89. The molecule has 2 heterocycles. The van der Waals surface area contributed by atoms with Crippen LogP contribution in [0.15, 0.2) is 16.0 Å². The summed E-state index contributed by atoms with van der Waals surface area (Å²) in [6, 6.07) is 1.50. The molecule has 0 radical (unpaired) electrons. The first kappa shape index (κ1) is 12.2. The van der Waals surface area contributed by atoms with Crippen molar-refractivity contribution < 1.29 is 9.32 Å². The first-order valence-corrected chi connectivity index (χ1v) is 7.01. The van der Waals surface area contributed by atoms with Gasteiger partial charge < -0.3 is 9.84 Å². The maximum absolute atomic E-state index is 11.7. The van der Waals surface area contributed by atoms with Crippen LogP contribution in [0.2, 0.25) is 0 Å². The van der Waals surface area contributed by atoms with Crippen LogP contribution in [-0.4, -0.2) is 16.2 Å². The lowest BCUT2D eigenvalue weighted by Crippen LogP contribution is -2.27. The van der Waals surface area contributed by atoms with Crippen molar-refractivity contribution in [1.29, 1.82) is 0 Å². The lowest BCUT2D eigenvalue weighted by atomic mass is 10.3. The maximum Gasteiger partial charge on any atom is 0.321 e. The predicted octanol–water partition coefficient (Wildman–Crippen LogP) is 2.64. The third-order valence-electron chi connectivity index (χ3n) is 2.84. The summed E-state index contributed by atoms with van der Waals surface area (Å²) in [5, 5.41) is 11.8. The fourth-order valence-corrected chi connectivity index (χ4v) is 2.51. The summed E-state index contributed by atoms with van der Waals surface area (Å²) in [6.07, 6.45) is 2.42. The molecule has 0 spiro atoms. The number of urea groups is 1. The minimum Gasteiger partial charge on any atom is -0.359 e. The van der Waals surface area contributed by atoms with Gasteiger partial charge in [0.15, 0.2) is 10.9 Å². The van der Waals surface area contributed by atoms with E-state index in [1.807, 2.05) is 12.3 Å². The number of aromatic nitrogens is 2. The molecule has 0 saturated heterocycles. The summed E-state index contributed by atoms with van der Waals surface area (Å²) in [5.74, 6) is 1.23. The van der Waals surface area contributed by atoms with Crippen LogP contribution in [0.1, 0.15) is 35.9 Å². The molecule has 0 bridgehead atoms. The highest BCUT2D eigenvalue weighted by atomic mass is 32.1. The van der Waals surface area contributed by atoms with Crippen molar-refractivity contribution >= 4 is 22.5 Å². The monoisotopic (exact) mass is 278 g/mol. The second-order valence-corrected chi connectivity index (χ2v) is 5.45. The molecule has 0 unspecified atom stereocenters. The summed E-state index contributed by atoms with van der Waals surface area (Å²) in [4.78, 5) is 16.1. The highest BCUT2D eigenvalue weighted by Crippen LogP contribution is 2.40. The Kier molecular flexibility index (Phi) is 3.20. The quantitative estimate of drug-likeness (QED) is 0.901.